The number of nitrogens with zero attached hydrogens (tertiary/aromatic N) is 1. The Balaban J connectivity index is 0. The first-order valence-corrected chi connectivity index (χ1v) is 4.36. The summed E-state index contributed by atoms with van der Waals surface area (Å²) in [7, 11) is 0. The van der Waals surface area contributed by atoms with Crippen LogP contribution in [0, 0.1) is 10.7 Å². The van der Waals surface area contributed by atoms with Gasteiger partial charge in [-0.1, -0.05) is 17.7 Å². The van der Waals surface area contributed by atoms with Crippen molar-refractivity contribution < 1.29 is 0 Å². The topological polar surface area (TPSA) is 23.8 Å². The molecule has 0 heterocycles. The summed E-state index contributed by atoms with van der Waals surface area (Å²) in [5.41, 5.74) is 1.25. The van der Waals surface area contributed by atoms with Crippen LogP contribution in [0.4, 0.5) is 0 Å². The fourth-order valence-corrected chi connectivity index (χ4v) is 0.670. The highest BCUT2D eigenvalue weighted by Crippen LogP contribution is 2.12. The molecule has 2 heteroatoms. The summed E-state index contributed by atoms with van der Waals surface area (Å²) in [6.07, 6.45) is 3.95. The van der Waals surface area contributed by atoms with Crippen molar-refractivity contribution in [1.82, 2.24) is 0 Å². The van der Waals surface area contributed by atoms with Crippen molar-refractivity contribution in [3.05, 3.63) is 35.8 Å². The second kappa shape index (κ2) is 10.1. The van der Waals surface area contributed by atoms with E-state index in [9.17, 15) is 0 Å². The minimum Gasteiger partial charge on any atom is -0.185 e. The Morgan fingerprint density at radius 1 is 1.25 bits per heavy atom. The van der Waals surface area contributed by atoms with Crippen molar-refractivity contribution in [2.24, 2.45) is 0 Å². The molecule has 0 spiro atoms. The van der Waals surface area contributed by atoms with E-state index in [4.69, 9.17) is 5.26 Å². The summed E-state index contributed by atoms with van der Waals surface area (Å²) < 4.78 is 0. The number of allylic oxidation sites excluding steroid dienone is 4. The van der Waals surface area contributed by atoms with Crippen molar-refractivity contribution in [2.75, 3.05) is 0 Å². The molecule has 0 atom stereocenters. The van der Waals surface area contributed by atoms with Crippen LogP contribution >= 0.6 is 11.8 Å². The molecule has 0 aliphatic carbocycles. The first kappa shape index (κ1) is 13.6. The van der Waals surface area contributed by atoms with E-state index >= 15 is 0 Å². The first-order valence-electron chi connectivity index (χ1n) is 3.54. The van der Waals surface area contributed by atoms with Gasteiger partial charge in [0.05, 0.1) is 0 Å². The van der Waals surface area contributed by atoms with Crippen molar-refractivity contribution >= 4 is 11.8 Å². The Morgan fingerprint density at radius 3 is 2.08 bits per heavy atom. The standard InChI is InChI=1S/C8H11NS.C2H4/c1-7(2)4-5-8(3)10-6-9;1-2/h4-5H,1-3H3;1-2H2/b8-5+;. The number of rotatable bonds is 2. The van der Waals surface area contributed by atoms with Gasteiger partial charge < -0.3 is 0 Å². The van der Waals surface area contributed by atoms with E-state index in [1.165, 1.54) is 17.3 Å². The maximum absolute atomic E-state index is 8.25. The van der Waals surface area contributed by atoms with E-state index in [2.05, 4.69) is 13.2 Å². The maximum Gasteiger partial charge on any atom is 0.138 e. The van der Waals surface area contributed by atoms with Gasteiger partial charge in [-0.3, -0.25) is 0 Å². The quantitative estimate of drug-likeness (QED) is 0.367. The van der Waals surface area contributed by atoms with Crippen LogP contribution in [0.5, 0.6) is 0 Å². The summed E-state index contributed by atoms with van der Waals surface area (Å²) in [6.45, 7) is 12.0. The molecule has 0 unspecified atom stereocenters. The lowest BCUT2D eigenvalue weighted by Crippen LogP contribution is -1.64. The van der Waals surface area contributed by atoms with Crippen LogP contribution < -0.4 is 0 Å². The van der Waals surface area contributed by atoms with Crippen LogP contribution in [0.3, 0.4) is 0 Å². The van der Waals surface area contributed by atoms with Crippen LogP contribution in [0.2, 0.25) is 0 Å². The van der Waals surface area contributed by atoms with Crippen molar-refractivity contribution in [3.63, 3.8) is 0 Å². The molecule has 66 valence electrons. The molecule has 0 radical (unpaired) electrons. The van der Waals surface area contributed by atoms with Crippen molar-refractivity contribution in [2.45, 2.75) is 20.8 Å². The molecule has 0 amide bonds. The zero-order chi connectivity index (χ0) is 9.98. The third kappa shape index (κ3) is 11.8. The van der Waals surface area contributed by atoms with Gasteiger partial charge in [0.1, 0.15) is 5.40 Å². The first-order chi connectivity index (χ1) is 5.66. The van der Waals surface area contributed by atoms with E-state index in [0.29, 0.717) is 0 Å². The lowest BCUT2D eigenvalue weighted by molar-refractivity contribution is 1.39. The summed E-state index contributed by atoms with van der Waals surface area (Å²) in [6, 6.07) is 0. The Kier molecular flexibility index (Phi) is 11.4. The average molecular weight is 181 g/mol. The number of thiocyanates is 1. The van der Waals surface area contributed by atoms with E-state index in [1.807, 2.05) is 38.3 Å². The lowest BCUT2D eigenvalue weighted by atomic mass is 10.3. The molecular weight excluding hydrogens is 166 g/mol. The highest BCUT2D eigenvalue weighted by atomic mass is 32.2. The molecule has 0 N–H and O–H groups in total. The van der Waals surface area contributed by atoms with Gasteiger partial charge in [-0.2, -0.15) is 5.26 Å². The van der Waals surface area contributed by atoms with Gasteiger partial charge in [-0.05, 0) is 37.4 Å². The fraction of sp³-hybridized carbons (Fsp3) is 0.300. The molecule has 0 aromatic carbocycles. The minimum atomic E-state index is 1.03. The summed E-state index contributed by atoms with van der Waals surface area (Å²) >= 11 is 1.20. The fourth-order valence-electron chi connectivity index (χ4n) is 0.390. The zero-order valence-electron chi connectivity index (χ0n) is 7.92. The van der Waals surface area contributed by atoms with Gasteiger partial charge in [0.15, 0.2) is 0 Å². The predicted molar refractivity (Wildman–Crippen MR) is 57.6 cm³/mol. The van der Waals surface area contributed by atoms with Crippen LogP contribution in [0.15, 0.2) is 35.8 Å². The Morgan fingerprint density at radius 2 is 1.75 bits per heavy atom. The summed E-state index contributed by atoms with van der Waals surface area (Å²) in [5, 5.41) is 10.3. The highest BCUT2D eigenvalue weighted by molar-refractivity contribution is 8.07. The molecule has 0 aromatic rings. The number of thioether (sulfide) groups is 1. The Hall–Kier alpha value is -0.940. The van der Waals surface area contributed by atoms with Gasteiger partial charge >= 0.3 is 0 Å². The van der Waals surface area contributed by atoms with E-state index in [1.54, 1.807) is 0 Å². The number of nitriles is 1. The summed E-state index contributed by atoms with van der Waals surface area (Å²) in [4.78, 5) is 1.03. The molecule has 0 aliphatic heterocycles. The molecule has 12 heavy (non-hydrogen) atoms. The van der Waals surface area contributed by atoms with Gasteiger partial charge in [-0.15, -0.1) is 13.2 Å². The molecule has 0 aromatic heterocycles. The van der Waals surface area contributed by atoms with Gasteiger partial charge in [0, 0.05) is 0 Å². The monoisotopic (exact) mass is 181 g/mol. The maximum atomic E-state index is 8.25. The second-order valence-corrected chi connectivity index (χ2v) is 3.25. The Bertz CT molecular complexity index is 204. The normalized spacial score (nSPS) is 9.00. The molecule has 0 bridgehead atoms. The summed E-state index contributed by atoms with van der Waals surface area (Å²) in [5.74, 6) is 0. The zero-order valence-corrected chi connectivity index (χ0v) is 8.74. The van der Waals surface area contributed by atoms with Crippen LogP contribution in [-0.2, 0) is 0 Å². The molecule has 0 saturated heterocycles. The highest BCUT2D eigenvalue weighted by Gasteiger charge is 1.83. The predicted octanol–water partition coefficient (Wildman–Crippen LogP) is 3.87. The number of hydrogen-bond donors (Lipinski definition) is 0. The van der Waals surface area contributed by atoms with Gasteiger partial charge in [0.2, 0.25) is 0 Å². The molecule has 0 aliphatic rings. The molecule has 1 nitrogen and oxygen atoms in total. The van der Waals surface area contributed by atoms with Gasteiger partial charge in [-0.25, -0.2) is 0 Å². The minimum absolute atomic E-state index is 1.03. The largest absolute Gasteiger partial charge is 0.185 e. The smallest absolute Gasteiger partial charge is 0.138 e. The van der Waals surface area contributed by atoms with E-state index < -0.39 is 0 Å². The SMILES string of the molecule is C=C.CC(C)=C/C=C(\C)SC#N. The second-order valence-electron chi connectivity index (χ2n) is 2.21. The Labute approximate surface area is 79.5 Å². The van der Waals surface area contributed by atoms with Crippen LogP contribution in [0.1, 0.15) is 20.8 Å². The van der Waals surface area contributed by atoms with Crippen LogP contribution in [-0.4, -0.2) is 0 Å². The van der Waals surface area contributed by atoms with Crippen molar-refractivity contribution in [3.8, 4) is 5.40 Å². The third-order valence-corrected chi connectivity index (χ3v) is 1.41. The van der Waals surface area contributed by atoms with Crippen molar-refractivity contribution in [1.29, 1.82) is 5.26 Å². The van der Waals surface area contributed by atoms with E-state index in [-0.39, 0.29) is 0 Å². The van der Waals surface area contributed by atoms with Crippen LogP contribution in [0.25, 0.3) is 0 Å². The molecule has 0 saturated carbocycles. The number of hydrogen-bond acceptors (Lipinski definition) is 2. The van der Waals surface area contributed by atoms with E-state index in [0.717, 1.165) is 4.91 Å². The lowest BCUT2D eigenvalue weighted by Gasteiger charge is -1.87. The molecular formula is C10H15NS. The third-order valence-electron chi connectivity index (χ3n) is 0.858. The average Bonchev–Trinajstić information content (AvgIpc) is 2.05. The molecule has 0 fully saturated rings. The molecule has 0 rings (SSSR count). The van der Waals surface area contributed by atoms with Gasteiger partial charge in [0.25, 0.3) is 0 Å².